The van der Waals surface area contributed by atoms with E-state index in [-0.39, 0.29) is 17.6 Å². The van der Waals surface area contributed by atoms with E-state index in [0.717, 1.165) is 16.7 Å². The summed E-state index contributed by atoms with van der Waals surface area (Å²) < 4.78 is 37.6. The van der Waals surface area contributed by atoms with E-state index in [1.54, 1.807) is 14.2 Å². The van der Waals surface area contributed by atoms with Crippen LogP contribution in [0.2, 0.25) is 0 Å². The highest BCUT2D eigenvalue weighted by Crippen LogP contribution is 2.27. The zero-order valence-electron chi connectivity index (χ0n) is 19.0. The number of sulfonamides is 1. The third-order valence-corrected chi connectivity index (χ3v) is 7.70. The highest BCUT2D eigenvalue weighted by atomic mass is 32.2. The minimum absolute atomic E-state index is 0.00450. The number of carbonyl (C=O) groups excluding carboxylic acids is 1. The molecule has 0 radical (unpaired) electrons. The number of benzene rings is 2. The summed E-state index contributed by atoms with van der Waals surface area (Å²) in [5.41, 5.74) is 2.93. The van der Waals surface area contributed by atoms with Gasteiger partial charge >= 0.3 is 0 Å². The van der Waals surface area contributed by atoms with Gasteiger partial charge in [0.05, 0.1) is 20.0 Å². The van der Waals surface area contributed by atoms with Gasteiger partial charge in [-0.1, -0.05) is 35.9 Å². The predicted octanol–water partition coefficient (Wildman–Crippen LogP) is 2.91. The van der Waals surface area contributed by atoms with Crippen LogP contribution in [0, 0.1) is 12.8 Å². The van der Waals surface area contributed by atoms with Crippen LogP contribution in [0.3, 0.4) is 0 Å². The molecule has 0 aromatic heterocycles. The van der Waals surface area contributed by atoms with Gasteiger partial charge in [0, 0.05) is 25.6 Å². The van der Waals surface area contributed by atoms with E-state index in [1.165, 1.54) is 4.31 Å². The van der Waals surface area contributed by atoms with Crippen LogP contribution in [0.15, 0.2) is 42.5 Å². The molecule has 1 fully saturated rings. The fourth-order valence-electron chi connectivity index (χ4n) is 3.89. The van der Waals surface area contributed by atoms with Crippen LogP contribution in [0.5, 0.6) is 11.5 Å². The van der Waals surface area contributed by atoms with Crippen LogP contribution in [0.4, 0.5) is 0 Å². The molecule has 7 nitrogen and oxygen atoms in total. The van der Waals surface area contributed by atoms with E-state index in [1.807, 2.05) is 49.4 Å². The summed E-state index contributed by atoms with van der Waals surface area (Å²) in [6, 6.07) is 13.2. The maximum absolute atomic E-state index is 12.7. The van der Waals surface area contributed by atoms with Crippen LogP contribution in [-0.4, -0.2) is 52.5 Å². The molecular weight excluding hydrogens is 428 g/mol. The Morgan fingerprint density at radius 2 is 1.62 bits per heavy atom. The lowest BCUT2D eigenvalue weighted by atomic mass is 9.97. The van der Waals surface area contributed by atoms with Crippen LogP contribution >= 0.6 is 0 Å². The summed E-state index contributed by atoms with van der Waals surface area (Å²) >= 11 is 0. The summed E-state index contributed by atoms with van der Waals surface area (Å²) in [6.45, 7) is 3.24. The molecule has 0 bridgehead atoms. The quantitative estimate of drug-likeness (QED) is 0.622. The molecule has 3 rings (SSSR count). The van der Waals surface area contributed by atoms with Crippen molar-refractivity contribution in [2.75, 3.05) is 33.9 Å². The number of piperidine rings is 1. The number of hydrogen-bond acceptors (Lipinski definition) is 5. The normalized spacial score (nSPS) is 15.3. The number of nitrogens with one attached hydrogen (secondary N) is 1. The average Bonchev–Trinajstić information content (AvgIpc) is 2.80. The molecule has 0 unspecified atom stereocenters. The third kappa shape index (κ3) is 6.23. The van der Waals surface area contributed by atoms with Crippen molar-refractivity contribution in [3.8, 4) is 11.5 Å². The Kier molecular flexibility index (Phi) is 8.15. The molecule has 1 amide bonds. The van der Waals surface area contributed by atoms with Gasteiger partial charge in [-0.05, 0) is 49.4 Å². The molecule has 0 spiro atoms. The first-order chi connectivity index (χ1) is 15.3. The van der Waals surface area contributed by atoms with Crippen LogP contribution in [0.25, 0.3) is 0 Å². The second kappa shape index (κ2) is 10.8. The minimum atomic E-state index is -3.38. The number of carbonyl (C=O) groups is 1. The van der Waals surface area contributed by atoms with Crippen molar-refractivity contribution in [3.05, 3.63) is 59.2 Å². The number of methoxy groups -OCH3 is 2. The van der Waals surface area contributed by atoms with Crippen molar-refractivity contribution in [3.63, 3.8) is 0 Å². The zero-order chi connectivity index (χ0) is 23.1. The average molecular weight is 461 g/mol. The number of ether oxygens (including phenoxy) is 2. The summed E-state index contributed by atoms with van der Waals surface area (Å²) in [5.74, 6) is 1.15. The smallest absolute Gasteiger partial charge is 0.223 e. The molecule has 1 N–H and O–H groups in total. The van der Waals surface area contributed by atoms with Gasteiger partial charge in [-0.25, -0.2) is 12.7 Å². The van der Waals surface area contributed by atoms with Crippen LogP contribution < -0.4 is 14.8 Å². The maximum Gasteiger partial charge on any atom is 0.223 e. The number of hydrogen-bond donors (Lipinski definition) is 1. The van der Waals surface area contributed by atoms with Crippen molar-refractivity contribution in [2.24, 2.45) is 5.92 Å². The van der Waals surface area contributed by atoms with Crippen molar-refractivity contribution < 1.29 is 22.7 Å². The van der Waals surface area contributed by atoms with Crippen molar-refractivity contribution in [1.82, 2.24) is 9.62 Å². The van der Waals surface area contributed by atoms with E-state index < -0.39 is 10.0 Å². The monoisotopic (exact) mass is 460 g/mol. The van der Waals surface area contributed by atoms with E-state index in [4.69, 9.17) is 9.47 Å². The SMILES string of the molecule is COc1ccc(CCNC(=O)C2CCN(S(=O)(=O)Cc3ccc(C)cc3)CC2)cc1OC. The molecule has 1 saturated heterocycles. The molecular formula is C24H32N2O5S. The van der Waals surface area contributed by atoms with Crippen molar-refractivity contribution >= 4 is 15.9 Å². The molecule has 1 aliphatic rings. The molecule has 1 heterocycles. The first-order valence-electron chi connectivity index (χ1n) is 10.8. The highest BCUT2D eigenvalue weighted by Gasteiger charge is 2.31. The number of nitrogens with zero attached hydrogens (tertiary/aromatic N) is 1. The Morgan fingerprint density at radius 1 is 1.00 bits per heavy atom. The van der Waals surface area contributed by atoms with E-state index in [9.17, 15) is 13.2 Å². The van der Waals surface area contributed by atoms with Gasteiger partial charge < -0.3 is 14.8 Å². The van der Waals surface area contributed by atoms with Gasteiger partial charge in [0.1, 0.15) is 0 Å². The zero-order valence-corrected chi connectivity index (χ0v) is 19.8. The minimum Gasteiger partial charge on any atom is -0.493 e. The second-order valence-electron chi connectivity index (χ2n) is 8.15. The fraction of sp³-hybridized carbons (Fsp3) is 0.458. The van der Waals surface area contributed by atoms with Gasteiger partial charge in [-0.3, -0.25) is 4.79 Å². The third-order valence-electron chi connectivity index (χ3n) is 5.85. The van der Waals surface area contributed by atoms with E-state index >= 15 is 0 Å². The van der Waals surface area contributed by atoms with Crippen LogP contribution in [0.1, 0.15) is 29.5 Å². The second-order valence-corrected chi connectivity index (χ2v) is 10.1. The molecule has 2 aromatic rings. The molecule has 2 aromatic carbocycles. The molecule has 32 heavy (non-hydrogen) atoms. The first-order valence-corrected chi connectivity index (χ1v) is 12.5. The Labute approximate surface area is 190 Å². The fourth-order valence-corrected chi connectivity index (χ4v) is 5.46. The van der Waals surface area contributed by atoms with Crippen molar-refractivity contribution in [1.29, 1.82) is 0 Å². The molecule has 174 valence electrons. The standard InChI is InChI=1S/C24H32N2O5S/c1-18-4-6-20(7-5-18)17-32(28,29)26-14-11-21(12-15-26)24(27)25-13-10-19-8-9-22(30-2)23(16-19)31-3/h4-9,16,21H,10-15,17H2,1-3H3,(H,25,27). The molecule has 0 aliphatic carbocycles. The number of rotatable bonds is 9. The van der Waals surface area contributed by atoms with Crippen molar-refractivity contribution in [2.45, 2.75) is 31.9 Å². The maximum atomic E-state index is 12.7. The first kappa shape index (κ1) is 24.1. The largest absolute Gasteiger partial charge is 0.493 e. The summed E-state index contributed by atoms with van der Waals surface area (Å²) in [6.07, 6.45) is 1.75. The predicted molar refractivity (Wildman–Crippen MR) is 124 cm³/mol. The number of amides is 1. The van der Waals surface area contributed by atoms with Crippen LogP contribution in [-0.2, 0) is 27.0 Å². The van der Waals surface area contributed by atoms with Gasteiger partial charge in [0.2, 0.25) is 15.9 Å². The Balaban J connectivity index is 1.45. The van der Waals surface area contributed by atoms with E-state index in [0.29, 0.717) is 50.4 Å². The lowest BCUT2D eigenvalue weighted by Gasteiger charge is -2.30. The Morgan fingerprint density at radius 3 is 2.25 bits per heavy atom. The lowest BCUT2D eigenvalue weighted by Crippen LogP contribution is -2.43. The molecule has 0 atom stereocenters. The van der Waals surface area contributed by atoms with Gasteiger partial charge in [-0.2, -0.15) is 0 Å². The van der Waals surface area contributed by atoms with Gasteiger partial charge in [0.25, 0.3) is 0 Å². The number of aryl methyl sites for hydroxylation is 1. The molecule has 1 aliphatic heterocycles. The Hall–Kier alpha value is -2.58. The molecule has 8 heteroatoms. The summed E-state index contributed by atoms with van der Waals surface area (Å²) in [4.78, 5) is 12.6. The Bertz CT molecular complexity index is 1010. The van der Waals surface area contributed by atoms with E-state index in [2.05, 4.69) is 5.32 Å². The van der Waals surface area contributed by atoms with Gasteiger partial charge in [0.15, 0.2) is 11.5 Å². The summed E-state index contributed by atoms with van der Waals surface area (Å²) in [5, 5.41) is 2.99. The highest BCUT2D eigenvalue weighted by molar-refractivity contribution is 7.88. The topological polar surface area (TPSA) is 84.9 Å². The van der Waals surface area contributed by atoms with Gasteiger partial charge in [-0.15, -0.1) is 0 Å². The molecule has 0 saturated carbocycles. The summed E-state index contributed by atoms with van der Waals surface area (Å²) in [7, 11) is -0.196. The lowest BCUT2D eigenvalue weighted by molar-refractivity contribution is -0.126.